The highest BCUT2D eigenvalue weighted by Crippen LogP contribution is 2.16. The van der Waals surface area contributed by atoms with Crippen LogP contribution in [0.25, 0.3) is 0 Å². The molecule has 0 saturated carbocycles. The highest BCUT2D eigenvalue weighted by Gasteiger charge is 2.23. The monoisotopic (exact) mass is 263 g/mol. The average Bonchev–Trinajstić information content (AvgIpc) is 2.45. The molecule has 1 fully saturated rings. The first-order chi connectivity index (χ1) is 9.20. The fraction of sp³-hybridized carbons (Fsp3) is 0.500. The molecule has 1 unspecified atom stereocenters. The number of carbonyl (C=O) groups is 1. The molecule has 1 saturated heterocycles. The molecule has 1 atom stereocenters. The molecule has 1 aromatic carbocycles. The summed E-state index contributed by atoms with van der Waals surface area (Å²) in [4.78, 5) is 14.2. The van der Waals surface area contributed by atoms with Crippen molar-refractivity contribution in [3.8, 4) is 5.75 Å². The van der Waals surface area contributed by atoms with Crippen molar-refractivity contribution in [2.75, 3.05) is 33.8 Å². The van der Waals surface area contributed by atoms with E-state index in [1.165, 1.54) is 0 Å². The van der Waals surface area contributed by atoms with Gasteiger partial charge in [-0.15, -0.1) is 0 Å². The SMILES string of the molecule is COc1ccccc1CNC(=O)C1CN(C)CCN1. The van der Waals surface area contributed by atoms with Gasteiger partial charge in [-0.3, -0.25) is 4.79 Å². The molecule has 0 radical (unpaired) electrons. The van der Waals surface area contributed by atoms with E-state index in [0.717, 1.165) is 30.9 Å². The van der Waals surface area contributed by atoms with E-state index in [-0.39, 0.29) is 11.9 Å². The van der Waals surface area contributed by atoms with Crippen molar-refractivity contribution in [2.45, 2.75) is 12.6 Å². The maximum atomic E-state index is 12.1. The molecule has 5 nitrogen and oxygen atoms in total. The van der Waals surface area contributed by atoms with Crippen molar-refractivity contribution < 1.29 is 9.53 Å². The first-order valence-corrected chi connectivity index (χ1v) is 6.52. The van der Waals surface area contributed by atoms with Crippen LogP contribution in [0, 0.1) is 0 Å². The third kappa shape index (κ3) is 3.68. The Hall–Kier alpha value is -1.59. The summed E-state index contributed by atoms with van der Waals surface area (Å²) in [5.41, 5.74) is 0.988. The largest absolute Gasteiger partial charge is 0.496 e. The second-order valence-corrected chi connectivity index (χ2v) is 4.80. The third-order valence-electron chi connectivity index (χ3n) is 3.34. The van der Waals surface area contributed by atoms with Crippen LogP contribution in [0.3, 0.4) is 0 Å². The van der Waals surface area contributed by atoms with Gasteiger partial charge in [-0.05, 0) is 13.1 Å². The molecule has 0 aliphatic carbocycles. The van der Waals surface area contributed by atoms with Gasteiger partial charge in [0.1, 0.15) is 5.75 Å². The van der Waals surface area contributed by atoms with Crippen LogP contribution >= 0.6 is 0 Å². The fourth-order valence-electron chi connectivity index (χ4n) is 2.23. The third-order valence-corrected chi connectivity index (χ3v) is 3.34. The standard InChI is InChI=1S/C14H21N3O2/c1-17-8-7-15-12(10-17)14(18)16-9-11-5-3-4-6-13(11)19-2/h3-6,12,15H,7-10H2,1-2H3,(H,16,18). The lowest BCUT2D eigenvalue weighted by Gasteiger charge is -2.30. The summed E-state index contributed by atoms with van der Waals surface area (Å²) in [5.74, 6) is 0.842. The van der Waals surface area contributed by atoms with Crippen molar-refractivity contribution in [3.63, 3.8) is 0 Å². The first kappa shape index (κ1) is 13.8. The predicted molar refractivity (Wildman–Crippen MR) is 74.1 cm³/mol. The van der Waals surface area contributed by atoms with Crippen molar-refractivity contribution in [2.24, 2.45) is 0 Å². The second kappa shape index (κ2) is 6.54. The van der Waals surface area contributed by atoms with Crippen LogP contribution in [0.2, 0.25) is 0 Å². The number of hydrogen-bond donors (Lipinski definition) is 2. The van der Waals surface area contributed by atoms with Gasteiger partial charge in [0.15, 0.2) is 0 Å². The quantitative estimate of drug-likeness (QED) is 0.816. The Labute approximate surface area is 113 Å². The van der Waals surface area contributed by atoms with Crippen molar-refractivity contribution >= 4 is 5.91 Å². The van der Waals surface area contributed by atoms with E-state index >= 15 is 0 Å². The molecule has 104 valence electrons. The summed E-state index contributed by atoms with van der Waals surface area (Å²) < 4.78 is 5.27. The number of methoxy groups -OCH3 is 1. The molecule has 0 aromatic heterocycles. The van der Waals surface area contributed by atoms with E-state index in [0.29, 0.717) is 6.54 Å². The zero-order valence-electron chi connectivity index (χ0n) is 11.5. The normalized spacial score (nSPS) is 20.0. The van der Waals surface area contributed by atoms with Gasteiger partial charge in [0.2, 0.25) is 5.91 Å². The molecule has 1 amide bonds. The van der Waals surface area contributed by atoms with Gasteiger partial charge in [-0.2, -0.15) is 0 Å². The number of para-hydroxylation sites is 1. The van der Waals surface area contributed by atoms with Crippen molar-refractivity contribution in [1.29, 1.82) is 0 Å². The highest BCUT2D eigenvalue weighted by molar-refractivity contribution is 5.82. The van der Waals surface area contributed by atoms with Crippen LogP contribution in [0.15, 0.2) is 24.3 Å². The molecule has 5 heteroatoms. The summed E-state index contributed by atoms with van der Waals surface area (Å²) in [7, 11) is 3.67. The van der Waals surface area contributed by atoms with Gasteiger partial charge in [-0.1, -0.05) is 18.2 Å². The Morgan fingerprint density at radius 3 is 3.05 bits per heavy atom. The number of likely N-dealkylation sites (N-methyl/N-ethyl adjacent to an activating group) is 1. The second-order valence-electron chi connectivity index (χ2n) is 4.80. The predicted octanol–water partition coefficient (Wildman–Crippen LogP) is 0.215. The van der Waals surface area contributed by atoms with Gasteiger partial charge in [-0.25, -0.2) is 0 Å². The molecule has 2 rings (SSSR count). The van der Waals surface area contributed by atoms with Gasteiger partial charge in [0, 0.05) is 31.7 Å². The summed E-state index contributed by atoms with van der Waals surface area (Å²) in [6.07, 6.45) is 0. The lowest BCUT2D eigenvalue weighted by Crippen LogP contribution is -2.55. The summed E-state index contributed by atoms with van der Waals surface area (Å²) in [6, 6.07) is 7.58. The fourth-order valence-corrected chi connectivity index (χ4v) is 2.23. The number of piperazine rings is 1. The number of amides is 1. The minimum absolute atomic E-state index is 0.0393. The van der Waals surface area contributed by atoms with Crippen molar-refractivity contribution in [3.05, 3.63) is 29.8 Å². The number of carbonyl (C=O) groups excluding carboxylic acids is 1. The molecule has 1 heterocycles. The van der Waals surface area contributed by atoms with Crippen LogP contribution in [-0.4, -0.2) is 50.6 Å². The van der Waals surface area contributed by atoms with E-state index in [1.807, 2.05) is 31.3 Å². The lowest BCUT2D eigenvalue weighted by atomic mass is 10.1. The lowest BCUT2D eigenvalue weighted by molar-refractivity contribution is -0.124. The van der Waals surface area contributed by atoms with Gasteiger partial charge in [0.25, 0.3) is 0 Å². The molecular formula is C14H21N3O2. The van der Waals surface area contributed by atoms with Gasteiger partial charge >= 0.3 is 0 Å². The molecule has 19 heavy (non-hydrogen) atoms. The minimum atomic E-state index is -0.131. The first-order valence-electron chi connectivity index (χ1n) is 6.52. The summed E-state index contributed by atoms with van der Waals surface area (Å²) in [6.45, 7) is 3.07. The van der Waals surface area contributed by atoms with Crippen LogP contribution in [0.4, 0.5) is 0 Å². The number of ether oxygens (including phenoxy) is 1. The maximum Gasteiger partial charge on any atom is 0.238 e. The number of benzene rings is 1. The number of nitrogens with zero attached hydrogens (tertiary/aromatic N) is 1. The van der Waals surface area contributed by atoms with Gasteiger partial charge < -0.3 is 20.3 Å². The smallest absolute Gasteiger partial charge is 0.238 e. The molecule has 0 bridgehead atoms. The Morgan fingerprint density at radius 2 is 2.32 bits per heavy atom. The van der Waals surface area contributed by atoms with Gasteiger partial charge in [0.05, 0.1) is 13.2 Å². The van der Waals surface area contributed by atoms with E-state index in [9.17, 15) is 4.79 Å². The topological polar surface area (TPSA) is 53.6 Å². The van der Waals surface area contributed by atoms with Crippen LogP contribution in [0.5, 0.6) is 5.75 Å². The highest BCUT2D eigenvalue weighted by atomic mass is 16.5. The van der Waals surface area contributed by atoms with Crippen molar-refractivity contribution in [1.82, 2.24) is 15.5 Å². The summed E-state index contributed by atoms with van der Waals surface area (Å²) in [5, 5.41) is 6.19. The zero-order chi connectivity index (χ0) is 13.7. The minimum Gasteiger partial charge on any atom is -0.496 e. The van der Waals surface area contributed by atoms with E-state index in [2.05, 4.69) is 15.5 Å². The van der Waals surface area contributed by atoms with E-state index < -0.39 is 0 Å². The Balaban J connectivity index is 1.89. The van der Waals surface area contributed by atoms with E-state index in [4.69, 9.17) is 4.74 Å². The molecule has 0 spiro atoms. The summed E-state index contributed by atoms with van der Waals surface area (Å²) >= 11 is 0. The Bertz CT molecular complexity index is 436. The number of hydrogen-bond acceptors (Lipinski definition) is 4. The van der Waals surface area contributed by atoms with Crippen LogP contribution in [-0.2, 0) is 11.3 Å². The van der Waals surface area contributed by atoms with E-state index in [1.54, 1.807) is 7.11 Å². The molecule has 2 N–H and O–H groups in total. The average molecular weight is 263 g/mol. The number of rotatable bonds is 4. The Kier molecular flexibility index (Phi) is 4.76. The maximum absolute atomic E-state index is 12.1. The molecular weight excluding hydrogens is 242 g/mol. The van der Waals surface area contributed by atoms with Crippen LogP contribution in [0.1, 0.15) is 5.56 Å². The van der Waals surface area contributed by atoms with Crippen LogP contribution < -0.4 is 15.4 Å². The molecule has 1 aliphatic heterocycles. The number of nitrogens with one attached hydrogen (secondary N) is 2. The Morgan fingerprint density at radius 1 is 1.53 bits per heavy atom. The zero-order valence-corrected chi connectivity index (χ0v) is 11.5. The molecule has 1 aliphatic rings. The molecule has 1 aromatic rings.